The van der Waals surface area contributed by atoms with E-state index in [1.54, 1.807) is 19.3 Å². The maximum atomic E-state index is 2.50. The monoisotopic (exact) mass is 180 g/mol. The second-order valence-electron chi connectivity index (χ2n) is 5.41. The Morgan fingerprint density at radius 1 is 0.769 bits per heavy atom. The van der Waals surface area contributed by atoms with Gasteiger partial charge in [0.15, 0.2) is 0 Å². The topological polar surface area (TPSA) is 0 Å². The summed E-state index contributed by atoms with van der Waals surface area (Å²) in [7, 11) is 0. The van der Waals surface area contributed by atoms with Gasteiger partial charge in [-0.25, -0.2) is 0 Å². The highest BCUT2D eigenvalue weighted by atomic mass is 14.3. The van der Waals surface area contributed by atoms with Crippen LogP contribution in [0.4, 0.5) is 0 Å². The molecule has 3 atom stereocenters. The van der Waals surface area contributed by atoms with Crippen LogP contribution < -0.4 is 0 Å². The van der Waals surface area contributed by atoms with Gasteiger partial charge in [0.25, 0.3) is 0 Å². The number of fused-ring (bicyclic) bond motifs is 2. The van der Waals surface area contributed by atoms with Crippen LogP contribution in [-0.4, -0.2) is 0 Å². The fourth-order valence-electron chi connectivity index (χ4n) is 3.42. The highest BCUT2D eigenvalue weighted by Crippen LogP contribution is 2.39. The van der Waals surface area contributed by atoms with Gasteiger partial charge in [-0.05, 0) is 24.2 Å². The molecule has 3 unspecified atom stereocenters. The summed E-state index contributed by atoms with van der Waals surface area (Å²) in [6, 6.07) is 0. The lowest BCUT2D eigenvalue weighted by atomic mass is 9.74. The average Bonchev–Trinajstić information content (AvgIpc) is 2.21. The molecule has 2 rings (SSSR count). The van der Waals surface area contributed by atoms with Gasteiger partial charge in [-0.15, -0.1) is 0 Å². The summed E-state index contributed by atoms with van der Waals surface area (Å²) < 4.78 is 0. The number of hydrogen-bond donors (Lipinski definition) is 0. The molecule has 0 aromatic carbocycles. The van der Waals surface area contributed by atoms with Crippen molar-refractivity contribution in [2.45, 2.75) is 64.7 Å². The van der Waals surface area contributed by atoms with Crippen molar-refractivity contribution < 1.29 is 0 Å². The van der Waals surface area contributed by atoms with E-state index in [2.05, 4.69) is 6.92 Å². The standard InChI is InChI=1S/C13H24/c1-11-6-3-2-4-7-12-8-5-9-13(11)10-12/h11-13H,2-10H2,1H3. The molecule has 0 amide bonds. The first-order valence-corrected chi connectivity index (χ1v) is 6.36. The molecule has 0 aliphatic heterocycles. The summed E-state index contributed by atoms with van der Waals surface area (Å²) >= 11 is 0. The van der Waals surface area contributed by atoms with Gasteiger partial charge in [0, 0.05) is 0 Å². The number of rotatable bonds is 0. The van der Waals surface area contributed by atoms with Crippen LogP contribution in [0, 0.1) is 17.8 Å². The van der Waals surface area contributed by atoms with Gasteiger partial charge in [0.1, 0.15) is 0 Å². The third-order valence-electron chi connectivity index (χ3n) is 4.40. The van der Waals surface area contributed by atoms with Crippen molar-refractivity contribution >= 4 is 0 Å². The maximum absolute atomic E-state index is 2.50. The Morgan fingerprint density at radius 2 is 1.54 bits per heavy atom. The van der Waals surface area contributed by atoms with Gasteiger partial charge in [-0.1, -0.05) is 58.3 Å². The molecule has 0 heteroatoms. The van der Waals surface area contributed by atoms with E-state index in [-0.39, 0.29) is 0 Å². The van der Waals surface area contributed by atoms with Crippen molar-refractivity contribution in [3.05, 3.63) is 0 Å². The highest BCUT2D eigenvalue weighted by Gasteiger charge is 2.26. The second kappa shape index (κ2) is 4.48. The molecule has 0 heterocycles. The van der Waals surface area contributed by atoms with Gasteiger partial charge in [-0.3, -0.25) is 0 Å². The molecule has 2 fully saturated rings. The van der Waals surface area contributed by atoms with E-state index in [0.29, 0.717) is 0 Å². The molecule has 2 aliphatic carbocycles. The first-order valence-electron chi connectivity index (χ1n) is 6.36. The van der Waals surface area contributed by atoms with Gasteiger partial charge in [-0.2, -0.15) is 0 Å². The molecule has 76 valence electrons. The Bertz CT molecular complexity index is 146. The maximum Gasteiger partial charge on any atom is -0.0386 e. The van der Waals surface area contributed by atoms with Crippen LogP contribution in [0.2, 0.25) is 0 Å². The van der Waals surface area contributed by atoms with Crippen molar-refractivity contribution in [1.29, 1.82) is 0 Å². The molecule has 0 N–H and O–H groups in total. The Morgan fingerprint density at radius 3 is 2.46 bits per heavy atom. The second-order valence-corrected chi connectivity index (χ2v) is 5.41. The minimum absolute atomic E-state index is 1.03. The first kappa shape index (κ1) is 9.55. The third-order valence-corrected chi connectivity index (χ3v) is 4.40. The highest BCUT2D eigenvalue weighted by molar-refractivity contribution is 4.78. The normalized spacial score (nSPS) is 41.8. The summed E-state index contributed by atoms with van der Waals surface area (Å²) in [5.74, 6) is 3.23. The lowest BCUT2D eigenvalue weighted by Crippen LogP contribution is -2.20. The zero-order chi connectivity index (χ0) is 9.10. The van der Waals surface area contributed by atoms with Crippen LogP contribution in [-0.2, 0) is 0 Å². The predicted octanol–water partition coefficient (Wildman–Crippen LogP) is 4.39. The van der Waals surface area contributed by atoms with Gasteiger partial charge >= 0.3 is 0 Å². The molecule has 0 aromatic heterocycles. The smallest absolute Gasteiger partial charge is 0.0386 e. The van der Waals surface area contributed by atoms with E-state index in [1.807, 2.05) is 0 Å². The summed E-state index contributed by atoms with van der Waals surface area (Å²) in [4.78, 5) is 0. The largest absolute Gasteiger partial charge is 0.0622 e. The summed E-state index contributed by atoms with van der Waals surface area (Å²) in [6.07, 6.45) is 13.8. The van der Waals surface area contributed by atoms with E-state index in [0.717, 1.165) is 17.8 Å². The van der Waals surface area contributed by atoms with E-state index >= 15 is 0 Å². The summed E-state index contributed by atoms with van der Waals surface area (Å²) in [6.45, 7) is 2.50. The fraction of sp³-hybridized carbons (Fsp3) is 1.00. The molecule has 0 radical (unpaired) electrons. The molecule has 0 aromatic rings. The van der Waals surface area contributed by atoms with Crippen molar-refractivity contribution in [3.63, 3.8) is 0 Å². The van der Waals surface area contributed by atoms with E-state index in [9.17, 15) is 0 Å². The Kier molecular flexibility index (Phi) is 3.29. The van der Waals surface area contributed by atoms with Gasteiger partial charge in [0.05, 0.1) is 0 Å². The van der Waals surface area contributed by atoms with Gasteiger partial charge < -0.3 is 0 Å². The van der Waals surface area contributed by atoms with Crippen LogP contribution in [0.5, 0.6) is 0 Å². The molecular weight excluding hydrogens is 156 g/mol. The van der Waals surface area contributed by atoms with Crippen LogP contribution in [0.25, 0.3) is 0 Å². The first-order chi connectivity index (χ1) is 6.36. The molecule has 2 bridgehead atoms. The van der Waals surface area contributed by atoms with E-state index < -0.39 is 0 Å². The lowest BCUT2D eigenvalue weighted by molar-refractivity contribution is 0.198. The molecule has 2 aliphatic rings. The van der Waals surface area contributed by atoms with Crippen LogP contribution in [0.15, 0.2) is 0 Å². The molecular formula is C13H24. The van der Waals surface area contributed by atoms with Crippen molar-refractivity contribution in [1.82, 2.24) is 0 Å². The lowest BCUT2D eigenvalue weighted by Gasteiger charge is -2.32. The molecule has 13 heavy (non-hydrogen) atoms. The number of hydrogen-bond acceptors (Lipinski definition) is 0. The van der Waals surface area contributed by atoms with Crippen molar-refractivity contribution in [2.75, 3.05) is 0 Å². The third kappa shape index (κ3) is 2.48. The molecule has 0 nitrogen and oxygen atoms in total. The predicted molar refractivity (Wildman–Crippen MR) is 57.7 cm³/mol. The molecule has 0 spiro atoms. The Hall–Kier alpha value is 0. The zero-order valence-electron chi connectivity index (χ0n) is 9.10. The average molecular weight is 180 g/mol. The molecule has 2 saturated carbocycles. The quantitative estimate of drug-likeness (QED) is 0.518. The van der Waals surface area contributed by atoms with Crippen molar-refractivity contribution in [3.8, 4) is 0 Å². The summed E-state index contributed by atoms with van der Waals surface area (Å²) in [5.41, 5.74) is 0. The fourth-order valence-corrected chi connectivity index (χ4v) is 3.42. The zero-order valence-corrected chi connectivity index (χ0v) is 9.10. The van der Waals surface area contributed by atoms with Crippen molar-refractivity contribution in [2.24, 2.45) is 17.8 Å². The minimum Gasteiger partial charge on any atom is -0.0622 e. The van der Waals surface area contributed by atoms with E-state index in [1.165, 1.54) is 38.5 Å². The van der Waals surface area contributed by atoms with E-state index in [4.69, 9.17) is 0 Å². The Labute approximate surface area is 83.1 Å². The molecule has 0 saturated heterocycles. The van der Waals surface area contributed by atoms with Crippen LogP contribution >= 0.6 is 0 Å². The van der Waals surface area contributed by atoms with Crippen LogP contribution in [0.1, 0.15) is 64.7 Å². The Balaban J connectivity index is 1.96. The van der Waals surface area contributed by atoms with Crippen LogP contribution in [0.3, 0.4) is 0 Å². The minimum atomic E-state index is 1.03. The SMILES string of the molecule is CC1CCCCCC2CCCC1C2. The van der Waals surface area contributed by atoms with Gasteiger partial charge in [0.2, 0.25) is 0 Å². The summed E-state index contributed by atoms with van der Waals surface area (Å²) in [5, 5.41) is 0.